The Morgan fingerprint density at radius 2 is 1.41 bits per heavy atom. The standard InChI is InChI=1S/C41H55F2NO5/c1-41-17-9-3-4-12-27(26-41)20-34-35(41)23-30(25-37(34)43)49-39(46)16-8-11-19-47-18-10-7-15-38(45)48-29-22-32-31-14-6-2-5-13-28(40(31)44)21-33(32)36(42)24-29/h22-25,27-28,31,40H,2-21,26,44H2,1H3/t27-,28?,31+,40?,41-/m0/s1. The second kappa shape index (κ2) is 16.5. The molecule has 2 unspecified atom stereocenters. The number of halogens is 2. The molecule has 4 aliphatic carbocycles. The van der Waals surface area contributed by atoms with Crippen LogP contribution in [0.25, 0.3) is 0 Å². The molecule has 268 valence electrons. The molecule has 6 nitrogen and oxygen atoms in total. The Bertz CT molecular complexity index is 1480. The highest BCUT2D eigenvalue weighted by atomic mass is 19.1. The molecular weight excluding hydrogens is 624 g/mol. The summed E-state index contributed by atoms with van der Waals surface area (Å²) in [6.45, 7) is 3.25. The number of unbranched alkanes of at least 4 members (excludes halogenated alkanes) is 2. The fraction of sp³-hybridized carbons (Fsp3) is 0.659. The molecule has 0 radical (unpaired) electrons. The molecule has 0 aliphatic heterocycles. The van der Waals surface area contributed by atoms with Crippen LogP contribution >= 0.6 is 0 Å². The van der Waals surface area contributed by atoms with Crippen molar-refractivity contribution in [2.24, 2.45) is 17.6 Å². The monoisotopic (exact) mass is 679 g/mol. The van der Waals surface area contributed by atoms with Gasteiger partial charge in [0.2, 0.25) is 0 Å². The summed E-state index contributed by atoms with van der Waals surface area (Å²) in [7, 11) is 0. The number of benzene rings is 2. The third kappa shape index (κ3) is 8.91. The first-order chi connectivity index (χ1) is 23.7. The number of hydrogen-bond donors (Lipinski definition) is 1. The minimum absolute atomic E-state index is 0.0235. The molecule has 2 N–H and O–H groups in total. The predicted molar refractivity (Wildman–Crippen MR) is 186 cm³/mol. The van der Waals surface area contributed by atoms with Gasteiger partial charge in [0.1, 0.15) is 23.1 Å². The maximum Gasteiger partial charge on any atom is 0.311 e. The van der Waals surface area contributed by atoms with Crippen LogP contribution in [0.4, 0.5) is 8.78 Å². The van der Waals surface area contributed by atoms with Crippen molar-refractivity contribution in [1.82, 2.24) is 0 Å². The number of fused-ring (bicyclic) bond motifs is 8. The largest absolute Gasteiger partial charge is 0.426 e. The van der Waals surface area contributed by atoms with E-state index in [0.29, 0.717) is 62.9 Å². The summed E-state index contributed by atoms with van der Waals surface area (Å²) < 4.78 is 47.2. The number of carbonyl (C=O) groups excluding carboxylic acids is 2. The molecule has 49 heavy (non-hydrogen) atoms. The molecule has 6 rings (SSSR count). The Balaban J connectivity index is 0.866. The van der Waals surface area contributed by atoms with E-state index >= 15 is 8.78 Å². The van der Waals surface area contributed by atoms with E-state index in [1.165, 1.54) is 37.8 Å². The van der Waals surface area contributed by atoms with Crippen LogP contribution in [0.2, 0.25) is 0 Å². The van der Waals surface area contributed by atoms with Crippen LogP contribution in [0.1, 0.15) is 144 Å². The van der Waals surface area contributed by atoms with E-state index in [1.54, 1.807) is 0 Å². The number of hydrogen-bond acceptors (Lipinski definition) is 6. The molecule has 2 aromatic rings. The summed E-state index contributed by atoms with van der Waals surface area (Å²) in [4.78, 5) is 25.1. The first kappa shape index (κ1) is 36.0. The van der Waals surface area contributed by atoms with Crippen LogP contribution in [0, 0.1) is 23.5 Å². The zero-order valence-electron chi connectivity index (χ0n) is 29.3. The van der Waals surface area contributed by atoms with Crippen molar-refractivity contribution in [1.29, 1.82) is 0 Å². The van der Waals surface area contributed by atoms with Crippen LogP contribution in [0.15, 0.2) is 24.3 Å². The van der Waals surface area contributed by atoms with Gasteiger partial charge in [-0.3, -0.25) is 9.59 Å². The highest BCUT2D eigenvalue weighted by Crippen LogP contribution is 2.48. The Morgan fingerprint density at radius 3 is 2.14 bits per heavy atom. The first-order valence-corrected chi connectivity index (χ1v) is 19.1. The van der Waals surface area contributed by atoms with Gasteiger partial charge in [0.15, 0.2) is 0 Å². The molecule has 4 bridgehead atoms. The lowest BCUT2D eigenvalue weighted by atomic mass is 9.63. The van der Waals surface area contributed by atoms with E-state index in [4.69, 9.17) is 19.9 Å². The minimum atomic E-state index is -0.379. The fourth-order valence-corrected chi connectivity index (χ4v) is 9.27. The highest BCUT2D eigenvalue weighted by Gasteiger charge is 2.39. The number of carbonyl (C=O) groups is 2. The van der Waals surface area contributed by atoms with Crippen molar-refractivity contribution in [2.45, 2.75) is 146 Å². The van der Waals surface area contributed by atoms with Gasteiger partial charge in [0.05, 0.1) is 0 Å². The van der Waals surface area contributed by atoms with E-state index in [9.17, 15) is 9.59 Å². The molecule has 0 saturated heterocycles. The average molecular weight is 680 g/mol. The lowest BCUT2D eigenvalue weighted by molar-refractivity contribution is -0.135. The predicted octanol–water partition coefficient (Wildman–Crippen LogP) is 9.16. The molecule has 0 spiro atoms. The van der Waals surface area contributed by atoms with Crippen LogP contribution < -0.4 is 15.2 Å². The summed E-state index contributed by atoms with van der Waals surface area (Å²) in [5, 5.41) is 0. The third-order valence-electron chi connectivity index (χ3n) is 11.9. The van der Waals surface area contributed by atoms with Gasteiger partial charge in [-0.15, -0.1) is 0 Å². The van der Waals surface area contributed by atoms with E-state index in [1.807, 2.05) is 12.1 Å². The minimum Gasteiger partial charge on any atom is -0.426 e. The quantitative estimate of drug-likeness (QED) is 0.137. The zero-order valence-corrected chi connectivity index (χ0v) is 29.3. The fourth-order valence-electron chi connectivity index (χ4n) is 9.27. The lowest BCUT2D eigenvalue weighted by Gasteiger charge is -2.42. The lowest BCUT2D eigenvalue weighted by Crippen LogP contribution is -2.42. The zero-order chi connectivity index (χ0) is 34.4. The number of nitrogens with two attached hydrogens (primary N) is 1. The van der Waals surface area contributed by atoms with Crippen LogP contribution in [-0.4, -0.2) is 31.2 Å². The smallest absolute Gasteiger partial charge is 0.311 e. The van der Waals surface area contributed by atoms with Crippen molar-refractivity contribution in [3.63, 3.8) is 0 Å². The second-order valence-electron chi connectivity index (χ2n) is 15.6. The molecule has 2 aromatic carbocycles. The molecule has 4 aliphatic rings. The molecule has 0 amide bonds. The molecular formula is C41H55F2NO5. The van der Waals surface area contributed by atoms with Crippen molar-refractivity contribution < 1.29 is 32.6 Å². The van der Waals surface area contributed by atoms with Crippen LogP contribution in [0.3, 0.4) is 0 Å². The SMILES string of the molecule is C[C@@]12CCCCC[C@@H](Cc3c(F)cc(OC(=O)CCCCOCCCCC(=O)Oc4cc(F)c5c(c4)[C@H]4CCCCCC(C5)C4N)cc31)C2. The number of ether oxygens (including phenoxy) is 3. The molecule has 8 heteroatoms. The van der Waals surface area contributed by atoms with Crippen molar-refractivity contribution in [3.05, 3.63) is 58.2 Å². The summed E-state index contributed by atoms with van der Waals surface area (Å²) in [5.74, 6) is 0.264. The van der Waals surface area contributed by atoms with Crippen molar-refractivity contribution >= 4 is 11.9 Å². The van der Waals surface area contributed by atoms with Gasteiger partial charge in [0.25, 0.3) is 0 Å². The highest BCUT2D eigenvalue weighted by molar-refractivity contribution is 5.73. The van der Waals surface area contributed by atoms with Crippen molar-refractivity contribution in [3.8, 4) is 11.5 Å². The molecule has 0 aromatic heterocycles. The summed E-state index contributed by atoms with van der Waals surface area (Å²) in [6.07, 6.45) is 16.8. The Kier molecular flexibility index (Phi) is 12.1. The molecule has 0 heterocycles. The second-order valence-corrected chi connectivity index (χ2v) is 15.6. The van der Waals surface area contributed by atoms with Gasteiger partial charge < -0.3 is 19.9 Å². The van der Waals surface area contributed by atoms with Gasteiger partial charge in [-0.2, -0.15) is 0 Å². The first-order valence-electron chi connectivity index (χ1n) is 19.1. The maximum atomic E-state index is 15.2. The van der Waals surface area contributed by atoms with Gasteiger partial charge >= 0.3 is 11.9 Å². The van der Waals surface area contributed by atoms with Gasteiger partial charge in [-0.25, -0.2) is 8.78 Å². The van der Waals surface area contributed by atoms with E-state index in [0.717, 1.165) is 73.6 Å². The maximum absolute atomic E-state index is 15.2. The van der Waals surface area contributed by atoms with Crippen LogP contribution in [-0.2, 0) is 32.6 Å². The summed E-state index contributed by atoms with van der Waals surface area (Å²) in [6, 6.07) is 6.52. The summed E-state index contributed by atoms with van der Waals surface area (Å²) in [5.41, 5.74) is 10.1. The Morgan fingerprint density at radius 1 is 0.776 bits per heavy atom. The Labute approximate surface area is 290 Å². The topological polar surface area (TPSA) is 87.8 Å². The third-order valence-corrected chi connectivity index (χ3v) is 11.9. The van der Waals surface area contributed by atoms with Crippen molar-refractivity contribution in [2.75, 3.05) is 13.2 Å². The van der Waals surface area contributed by atoms with E-state index in [-0.39, 0.29) is 59.5 Å². The molecule has 2 saturated carbocycles. The molecule has 5 atom stereocenters. The van der Waals surface area contributed by atoms with Gasteiger partial charge in [-0.05, 0) is 122 Å². The van der Waals surface area contributed by atoms with E-state index < -0.39 is 0 Å². The summed E-state index contributed by atoms with van der Waals surface area (Å²) >= 11 is 0. The number of rotatable bonds is 12. The van der Waals surface area contributed by atoms with Gasteiger partial charge in [-0.1, -0.05) is 51.9 Å². The molecule has 2 fully saturated rings. The van der Waals surface area contributed by atoms with Crippen LogP contribution in [0.5, 0.6) is 11.5 Å². The number of esters is 2. The normalized spacial score (nSPS) is 26.3. The van der Waals surface area contributed by atoms with E-state index in [2.05, 4.69) is 6.92 Å². The average Bonchev–Trinajstić information content (AvgIpc) is 3.04. The van der Waals surface area contributed by atoms with Gasteiger partial charge in [0, 0.05) is 44.2 Å². The Hall–Kier alpha value is -2.84.